The molecule has 4 nitrogen and oxygen atoms in total. The van der Waals surface area contributed by atoms with Gasteiger partial charge in [0, 0.05) is 25.6 Å². The molecule has 22 heavy (non-hydrogen) atoms. The summed E-state index contributed by atoms with van der Waals surface area (Å²) >= 11 is 0. The number of carbonyl (C=O) groups excluding carboxylic acids is 1. The fraction of sp³-hybridized carbons (Fsp3) is 0.611. The van der Waals surface area contributed by atoms with Crippen LogP contribution in [0, 0.1) is 5.92 Å². The molecule has 4 heteroatoms. The average molecular weight is 304 g/mol. The first-order chi connectivity index (χ1) is 10.5. The standard InChI is InChI=1S/C18H28N2O2/c1-13(2)17(16-8-6-5-7-9-16)10-19-18(21)20-11-14(3)22-15(4)12-20/h5-9,13-15,17H,10-12H2,1-4H3,(H,19,21). The lowest BCUT2D eigenvalue weighted by Gasteiger charge is -2.35. The van der Waals surface area contributed by atoms with E-state index in [0.717, 1.165) is 0 Å². The fourth-order valence-electron chi connectivity index (χ4n) is 3.09. The summed E-state index contributed by atoms with van der Waals surface area (Å²) in [5, 5.41) is 3.10. The molecule has 3 atom stereocenters. The third-order valence-electron chi connectivity index (χ3n) is 4.21. The number of nitrogens with one attached hydrogen (secondary N) is 1. The lowest BCUT2D eigenvalue weighted by Crippen LogP contribution is -2.52. The maximum atomic E-state index is 12.4. The predicted molar refractivity (Wildman–Crippen MR) is 89.0 cm³/mol. The van der Waals surface area contributed by atoms with Gasteiger partial charge in [0.05, 0.1) is 12.2 Å². The van der Waals surface area contributed by atoms with Gasteiger partial charge < -0.3 is 15.0 Å². The van der Waals surface area contributed by atoms with Crippen molar-refractivity contribution in [3.8, 4) is 0 Å². The van der Waals surface area contributed by atoms with Crippen molar-refractivity contribution in [1.82, 2.24) is 10.2 Å². The molecule has 1 fully saturated rings. The summed E-state index contributed by atoms with van der Waals surface area (Å²) in [7, 11) is 0. The third-order valence-corrected chi connectivity index (χ3v) is 4.21. The highest BCUT2D eigenvalue weighted by Crippen LogP contribution is 2.23. The van der Waals surface area contributed by atoms with Crippen molar-refractivity contribution >= 4 is 6.03 Å². The Morgan fingerprint density at radius 2 is 1.82 bits per heavy atom. The Bertz CT molecular complexity index is 465. The smallest absolute Gasteiger partial charge is 0.317 e. The third kappa shape index (κ3) is 4.47. The first-order valence-corrected chi connectivity index (χ1v) is 8.20. The second-order valence-electron chi connectivity index (χ2n) is 6.61. The summed E-state index contributed by atoms with van der Waals surface area (Å²) in [6.45, 7) is 10.4. The first-order valence-electron chi connectivity index (χ1n) is 8.20. The van der Waals surface area contributed by atoms with E-state index in [1.165, 1.54) is 5.56 Å². The van der Waals surface area contributed by atoms with E-state index in [0.29, 0.717) is 31.5 Å². The van der Waals surface area contributed by atoms with Gasteiger partial charge in [0.25, 0.3) is 0 Å². The van der Waals surface area contributed by atoms with Crippen molar-refractivity contribution < 1.29 is 9.53 Å². The van der Waals surface area contributed by atoms with Crippen LogP contribution in [0.3, 0.4) is 0 Å². The van der Waals surface area contributed by atoms with Gasteiger partial charge in [-0.05, 0) is 25.3 Å². The van der Waals surface area contributed by atoms with Gasteiger partial charge in [0.15, 0.2) is 0 Å². The largest absolute Gasteiger partial charge is 0.372 e. The Kier molecular flexibility index (Phi) is 5.83. The summed E-state index contributed by atoms with van der Waals surface area (Å²) < 4.78 is 5.68. The summed E-state index contributed by atoms with van der Waals surface area (Å²) in [6, 6.07) is 10.4. The molecule has 1 aliphatic rings. The van der Waals surface area contributed by atoms with Crippen molar-refractivity contribution in [2.24, 2.45) is 5.92 Å². The molecule has 2 rings (SSSR count). The molecule has 3 unspecified atom stereocenters. The molecular weight excluding hydrogens is 276 g/mol. The van der Waals surface area contributed by atoms with Crippen molar-refractivity contribution in [1.29, 1.82) is 0 Å². The Morgan fingerprint density at radius 3 is 2.36 bits per heavy atom. The number of amides is 2. The van der Waals surface area contributed by atoms with Gasteiger partial charge in [0.2, 0.25) is 0 Å². The van der Waals surface area contributed by atoms with Crippen LogP contribution in [0.2, 0.25) is 0 Å². The van der Waals surface area contributed by atoms with E-state index in [1.807, 2.05) is 24.8 Å². The van der Waals surface area contributed by atoms with Crippen LogP contribution in [-0.2, 0) is 4.74 Å². The molecule has 0 radical (unpaired) electrons. The first kappa shape index (κ1) is 16.8. The molecule has 1 heterocycles. The lowest BCUT2D eigenvalue weighted by atomic mass is 9.88. The van der Waals surface area contributed by atoms with Gasteiger partial charge in [-0.25, -0.2) is 4.79 Å². The zero-order valence-electron chi connectivity index (χ0n) is 14.1. The lowest BCUT2D eigenvalue weighted by molar-refractivity contribution is -0.0545. The van der Waals surface area contributed by atoms with Crippen LogP contribution in [0.1, 0.15) is 39.2 Å². The van der Waals surface area contributed by atoms with E-state index in [2.05, 4.69) is 43.4 Å². The quantitative estimate of drug-likeness (QED) is 0.928. The van der Waals surface area contributed by atoms with Crippen LogP contribution in [0.15, 0.2) is 30.3 Å². The molecule has 1 saturated heterocycles. The van der Waals surface area contributed by atoms with Crippen LogP contribution < -0.4 is 5.32 Å². The molecule has 0 aliphatic carbocycles. The highest BCUT2D eigenvalue weighted by atomic mass is 16.5. The van der Waals surface area contributed by atoms with Crippen molar-refractivity contribution in [2.75, 3.05) is 19.6 Å². The van der Waals surface area contributed by atoms with Crippen LogP contribution in [0.25, 0.3) is 0 Å². The van der Waals surface area contributed by atoms with E-state index in [9.17, 15) is 4.79 Å². The second-order valence-corrected chi connectivity index (χ2v) is 6.61. The molecule has 1 N–H and O–H groups in total. The van der Waals surface area contributed by atoms with Gasteiger partial charge in [0.1, 0.15) is 0 Å². The minimum absolute atomic E-state index is 0.0172. The van der Waals surface area contributed by atoms with Crippen LogP contribution in [0.5, 0.6) is 0 Å². The van der Waals surface area contributed by atoms with Crippen LogP contribution in [-0.4, -0.2) is 42.8 Å². The summed E-state index contributed by atoms with van der Waals surface area (Å²) in [6.07, 6.45) is 0.203. The van der Waals surface area contributed by atoms with Gasteiger partial charge >= 0.3 is 6.03 Å². The molecule has 122 valence electrons. The van der Waals surface area contributed by atoms with E-state index < -0.39 is 0 Å². The number of morpholine rings is 1. The number of nitrogens with zero attached hydrogens (tertiary/aromatic N) is 1. The average Bonchev–Trinajstić information content (AvgIpc) is 2.47. The normalized spacial score (nSPS) is 23.4. The maximum absolute atomic E-state index is 12.4. The minimum atomic E-state index is 0.0172. The molecule has 0 aromatic heterocycles. The minimum Gasteiger partial charge on any atom is -0.372 e. The number of hydrogen-bond donors (Lipinski definition) is 1. The molecule has 2 amide bonds. The summed E-state index contributed by atoms with van der Waals surface area (Å²) in [4.78, 5) is 14.3. The fourth-order valence-corrected chi connectivity index (χ4v) is 3.09. The topological polar surface area (TPSA) is 41.6 Å². The molecule has 1 aromatic rings. The van der Waals surface area contributed by atoms with Crippen LogP contribution in [0.4, 0.5) is 4.79 Å². The Balaban J connectivity index is 1.93. The number of urea groups is 1. The van der Waals surface area contributed by atoms with Gasteiger partial charge in [-0.2, -0.15) is 0 Å². The van der Waals surface area contributed by atoms with E-state index in [1.54, 1.807) is 0 Å². The number of benzene rings is 1. The Labute approximate surface area is 133 Å². The molecule has 0 saturated carbocycles. The Morgan fingerprint density at radius 1 is 1.23 bits per heavy atom. The van der Waals surface area contributed by atoms with Crippen LogP contribution >= 0.6 is 0 Å². The van der Waals surface area contributed by atoms with Gasteiger partial charge in [-0.3, -0.25) is 0 Å². The zero-order chi connectivity index (χ0) is 16.1. The van der Waals surface area contributed by atoms with E-state index in [4.69, 9.17) is 4.74 Å². The monoisotopic (exact) mass is 304 g/mol. The predicted octanol–water partition coefficient (Wildman–Crippen LogP) is 3.25. The Hall–Kier alpha value is -1.55. The maximum Gasteiger partial charge on any atom is 0.317 e. The number of rotatable bonds is 4. The summed E-state index contributed by atoms with van der Waals surface area (Å²) in [5.74, 6) is 0.811. The highest BCUT2D eigenvalue weighted by molar-refractivity contribution is 5.74. The van der Waals surface area contributed by atoms with Gasteiger partial charge in [-0.15, -0.1) is 0 Å². The second kappa shape index (κ2) is 7.63. The zero-order valence-corrected chi connectivity index (χ0v) is 14.1. The highest BCUT2D eigenvalue weighted by Gasteiger charge is 2.26. The van der Waals surface area contributed by atoms with Crippen molar-refractivity contribution in [3.63, 3.8) is 0 Å². The molecular formula is C18H28N2O2. The summed E-state index contributed by atoms with van der Waals surface area (Å²) in [5.41, 5.74) is 1.28. The van der Waals surface area contributed by atoms with E-state index in [-0.39, 0.29) is 18.2 Å². The van der Waals surface area contributed by atoms with E-state index >= 15 is 0 Å². The number of carbonyl (C=O) groups is 1. The number of ether oxygens (including phenoxy) is 1. The SMILES string of the molecule is CC1CN(C(=O)NCC(c2ccccc2)C(C)C)CC(C)O1. The van der Waals surface area contributed by atoms with Crippen molar-refractivity contribution in [3.05, 3.63) is 35.9 Å². The molecule has 0 bridgehead atoms. The molecule has 1 aliphatic heterocycles. The molecule has 0 spiro atoms. The number of hydrogen-bond acceptors (Lipinski definition) is 2. The van der Waals surface area contributed by atoms with Gasteiger partial charge in [-0.1, -0.05) is 44.2 Å². The van der Waals surface area contributed by atoms with Crippen molar-refractivity contribution in [2.45, 2.75) is 45.8 Å². The molecule has 1 aromatic carbocycles.